The first-order chi connectivity index (χ1) is 9.15. The summed E-state index contributed by atoms with van der Waals surface area (Å²) < 4.78 is 0. The maximum Gasteiger partial charge on any atom is 0.220 e. The minimum Gasteiger partial charge on any atom is -0.356 e. The molecular formula is C15H31N3O. The Hall–Kier alpha value is -0.610. The molecule has 0 aromatic heterocycles. The number of carbonyl (C=O) groups excluding carboxylic acids is 1. The van der Waals surface area contributed by atoms with Gasteiger partial charge in [0.05, 0.1) is 0 Å². The molecule has 1 atom stereocenters. The molecule has 0 aromatic carbocycles. The van der Waals surface area contributed by atoms with Crippen molar-refractivity contribution in [3.63, 3.8) is 0 Å². The van der Waals surface area contributed by atoms with Crippen LogP contribution in [-0.2, 0) is 4.79 Å². The maximum absolute atomic E-state index is 11.8. The highest BCUT2D eigenvalue weighted by atomic mass is 16.1. The van der Waals surface area contributed by atoms with Gasteiger partial charge in [-0.25, -0.2) is 0 Å². The van der Waals surface area contributed by atoms with Gasteiger partial charge in [-0.1, -0.05) is 13.8 Å². The summed E-state index contributed by atoms with van der Waals surface area (Å²) in [6.07, 6.45) is 5.06. The molecule has 0 aliphatic carbocycles. The zero-order chi connectivity index (χ0) is 14.1. The molecular weight excluding hydrogens is 238 g/mol. The summed E-state index contributed by atoms with van der Waals surface area (Å²) >= 11 is 0. The summed E-state index contributed by atoms with van der Waals surface area (Å²) in [6.45, 7) is 9.49. The molecule has 0 radical (unpaired) electrons. The maximum atomic E-state index is 11.8. The average molecular weight is 269 g/mol. The van der Waals surface area contributed by atoms with E-state index in [-0.39, 0.29) is 5.91 Å². The van der Waals surface area contributed by atoms with Crippen LogP contribution in [0, 0.1) is 11.8 Å². The molecule has 0 aromatic rings. The number of rotatable bonds is 8. The second-order valence-corrected chi connectivity index (χ2v) is 5.90. The van der Waals surface area contributed by atoms with Gasteiger partial charge >= 0.3 is 0 Å². The van der Waals surface area contributed by atoms with Crippen LogP contribution < -0.4 is 11.1 Å². The Morgan fingerprint density at radius 2 is 2.05 bits per heavy atom. The lowest BCUT2D eigenvalue weighted by molar-refractivity contribution is -0.121. The van der Waals surface area contributed by atoms with Crippen molar-refractivity contribution in [3.8, 4) is 0 Å². The van der Waals surface area contributed by atoms with Crippen LogP contribution in [-0.4, -0.2) is 43.5 Å². The number of amides is 1. The van der Waals surface area contributed by atoms with E-state index in [0.717, 1.165) is 32.5 Å². The standard InChI is InChI=1S/C15H31N3O/c1-3-18-10-7-14(8-11-18)12-17-15(19)5-4-13(2)6-9-16/h13-14H,3-12,16H2,1-2H3,(H,17,19). The van der Waals surface area contributed by atoms with Gasteiger partial charge in [0.15, 0.2) is 0 Å². The molecule has 0 bridgehead atoms. The number of nitrogens with one attached hydrogen (secondary N) is 1. The molecule has 3 N–H and O–H groups in total. The number of hydrogen-bond acceptors (Lipinski definition) is 3. The molecule has 1 aliphatic rings. The Morgan fingerprint density at radius 3 is 2.63 bits per heavy atom. The van der Waals surface area contributed by atoms with Crippen LogP contribution in [0.15, 0.2) is 0 Å². The first kappa shape index (κ1) is 16.4. The highest BCUT2D eigenvalue weighted by molar-refractivity contribution is 5.75. The molecule has 1 fully saturated rings. The quantitative estimate of drug-likeness (QED) is 0.703. The number of nitrogens with two attached hydrogens (primary N) is 1. The van der Waals surface area contributed by atoms with Gasteiger partial charge in [-0.2, -0.15) is 0 Å². The van der Waals surface area contributed by atoms with E-state index >= 15 is 0 Å². The lowest BCUT2D eigenvalue weighted by Crippen LogP contribution is -2.38. The van der Waals surface area contributed by atoms with Crippen LogP contribution in [0.2, 0.25) is 0 Å². The summed E-state index contributed by atoms with van der Waals surface area (Å²) in [7, 11) is 0. The molecule has 0 spiro atoms. The summed E-state index contributed by atoms with van der Waals surface area (Å²) in [5, 5.41) is 3.09. The van der Waals surface area contributed by atoms with Crippen molar-refractivity contribution in [1.29, 1.82) is 0 Å². The fourth-order valence-electron chi connectivity index (χ4n) is 2.66. The van der Waals surface area contributed by atoms with Gasteiger partial charge in [-0.05, 0) is 63.7 Å². The van der Waals surface area contributed by atoms with Crippen LogP contribution in [0.4, 0.5) is 0 Å². The molecule has 19 heavy (non-hydrogen) atoms. The molecule has 1 aliphatic heterocycles. The molecule has 1 saturated heterocycles. The van der Waals surface area contributed by atoms with Gasteiger partial charge in [-0.15, -0.1) is 0 Å². The lowest BCUT2D eigenvalue weighted by Gasteiger charge is -2.31. The second kappa shape index (κ2) is 9.32. The third kappa shape index (κ3) is 6.92. The number of likely N-dealkylation sites (tertiary alicyclic amines) is 1. The van der Waals surface area contributed by atoms with E-state index in [2.05, 4.69) is 24.1 Å². The van der Waals surface area contributed by atoms with Crippen molar-refractivity contribution >= 4 is 5.91 Å². The average Bonchev–Trinajstić information content (AvgIpc) is 2.44. The van der Waals surface area contributed by atoms with Crippen LogP contribution in [0.25, 0.3) is 0 Å². The molecule has 1 rings (SSSR count). The van der Waals surface area contributed by atoms with E-state index in [0.29, 0.717) is 18.3 Å². The number of hydrogen-bond donors (Lipinski definition) is 2. The smallest absolute Gasteiger partial charge is 0.220 e. The van der Waals surface area contributed by atoms with Crippen molar-refractivity contribution in [2.75, 3.05) is 32.7 Å². The number of carbonyl (C=O) groups is 1. The van der Waals surface area contributed by atoms with Crippen LogP contribution in [0.5, 0.6) is 0 Å². The summed E-state index contributed by atoms with van der Waals surface area (Å²) in [5.41, 5.74) is 5.51. The minimum absolute atomic E-state index is 0.210. The Morgan fingerprint density at radius 1 is 1.37 bits per heavy atom. The summed E-state index contributed by atoms with van der Waals surface area (Å²) in [6, 6.07) is 0. The third-order valence-electron chi connectivity index (χ3n) is 4.27. The normalized spacial score (nSPS) is 19.3. The Bertz CT molecular complexity index is 250. The van der Waals surface area contributed by atoms with Crippen molar-refractivity contribution in [1.82, 2.24) is 10.2 Å². The summed E-state index contributed by atoms with van der Waals surface area (Å²) in [4.78, 5) is 14.2. The SMILES string of the molecule is CCN1CCC(CNC(=O)CCC(C)CCN)CC1. The first-order valence-corrected chi connectivity index (χ1v) is 7.84. The lowest BCUT2D eigenvalue weighted by atomic mass is 9.96. The molecule has 0 saturated carbocycles. The van der Waals surface area contributed by atoms with Crippen molar-refractivity contribution < 1.29 is 4.79 Å². The van der Waals surface area contributed by atoms with Crippen molar-refractivity contribution in [3.05, 3.63) is 0 Å². The molecule has 4 heteroatoms. The van der Waals surface area contributed by atoms with Gasteiger partial charge < -0.3 is 16.0 Å². The predicted molar refractivity (Wildman–Crippen MR) is 79.9 cm³/mol. The first-order valence-electron chi connectivity index (χ1n) is 7.84. The predicted octanol–water partition coefficient (Wildman–Crippen LogP) is 1.60. The van der Waals surface area contributed by atoms with Crippen LogP contribution in [0.3, 0.4) is 0 Å². The van der Waals surface area contributed by atoms with Crippen molar-refractivity contribution in [2.24, 2.45) is 17.6 Å². The second-order valence-electron chi connectivity index (χ2n) is 5.90. The van der Waals surface area contributed by atoms with Gasteiger partial charge in [0.1, 0.15) is 0 Å². The fraction of sp³-hybridized carbons (Fsp3) is 0.933. The van der Waals surface area contributed by atoms with Gasteiger partial charge in [-0.3, -0.25) is 4.79 Å². The zero-order valence-corrected chi connectivity index (χ0v) is 12.7. The Kier molecular flexibility index (Phi) is 8.07. The number of nitrogens with zero attached hydrogens (tertiary/aromatic N) is 1. The molecule has 1 amide bonds. The van der Waals surface area contributed by atoms with E-state index in [1.54, 1.807) is 0 Å². The van der Waals surface area contributed by atoms with E-state index < -0.39 is 0 Å². The molecule has 4 nitrogen and oxygen atoms in total. The third-order valence-corrected chi connectivity index (χ3v) is 4.27. The van der Waals surface area contributed by atoms with E-state index in [1.165, 1.54) is 25.9 Å². The van der Waals surface area contributed by atoms with Crippen LogP contribution >= 0.6 is 0 Å². The van der Waals surface area contributed by atoms with Gasteiger partial charge in [0.2, 0.25) is 5.91 Å². The minimum atomic E-state index is 0.210. The van der Waals surface area contributed by atoms with Crippen LogP contribution in [0.1, 0.15) is 46.0 Å². The summed E-state index contributed by atoms with van der Waals surface area (Å²) in [5.74, 6) is 1.44. The monoisotopic (exact) mass is 269 g/mol. The zero-order valence-electron chi connectivity index (χ0n) is 12.7. The molecule has 1 heterocycles. The Labute approximate surface area is 118 Å². The van der Waals surface area contributed by atoms with E-state index in [4.69, 9.17) is 5.73 Å². The van der Waals surface area contributed by atoms with Crippen molar-refractivity contribution in [2.45, 2.75) is 46.0 Å². The Balaban J connectivity index is 2.07. The van der Waals surface area contributed by atoms with E-state index in [1.807, 2.05) is 0 Å². The highest BCUT2D eigenvalue weighted by Crippen LogP contribution is 2.16. The molecule has 112 valence electrons. The fourth-order valence-corrected chi connectivity index (χ4v) is 2.66. The number of piperidine rings is 1. The van der Waals surface area contributed by atoms with Gasteiger partial charge in [0.25, 0.3) is 0 Å². The molecule has 1 unspecified atom stereocenters. The topological polar surface area (TPSA) is 58.4 Å². The van der Waals surface area contributed by atoms with E-state index in [9.17, 15) is 4.79 Å². The highest BCUT2D eigenvalue weighted by Gasteiger charge is 2.18. The largest absolute Gasteiger partial charge is 0.356 e. The van der Waals surface area contributed by atoms with Gasteiger partial charge in [0, 0.05) is 13.0 Å².